The second-order valence-corrected chi connectivity index (χ2v) is 2.77. The van der Waals surface area contributed by atoms with Gasteiger partial charge in [0.2, 0.25) is 0 Å². The number of hydrogen-bond donors (Lipinski definition) is 0. The molecule has 14 heavy (non-hydrogen) atoms. The van der Waals surface area contributed by atoms with E-state index in [0.29, 0.717) is 17.9 Å². The lowest BCUT2D eigenvalue weighted by Crippen LogP contribution is -2.08. The summed E-state index contributed by atoms with van der Waals surface area (Å²) in [6.07, 6.45) is 2.50. The fourth-order valence-corrected chi connectivity index (χ4v) is 0.972. The molecule has 1 aromatic heterocycles. The van der Waals surface area contributed by atoms with Gasteiger partial charge in [0.25, 0.3) is 0 Å². The van der Waals surface area contributed by atoms with Gasteiger partial charge < -0.3 is 4.74 Å². The molecule has 0 saturated heterocycles. The minimum atomic E-state index is -0.285. The highest BCUT2D eigenvalue weighted by molar-refractivity contribution is 5.90. The normalized spacial score (nSPS) is 9.00. The predicted molar refractivity (Wildman–Crippen MR) is 56.8 cm³/mol. The van der Waals surface area contributed by atoms with Gasteiger partial charge in [-0.2, -0.15) is 0 Å². The van der Waals surface area contributed by atoms with Crippen LogP contribution in [0.1, 0.15) is 29.4 Å². The van der Waals surface area contributed by atoms with Gasteiger partial charge in [0.15, 0.2) is 0 Å². The van der Waals surface area contributed by atoms with Crippen LogP contribution in [-0.4, -0.2) is 17.6 Å². The Morgan fingerprint density at radius 2 is 2.29 bits per heavy atom. The van der Waals surface area contributed by atoms with E-state index in [2.05, 4.69) is 4.98 Å². The maximum Gasteiger partial charge on any atom is 0.339 e. The van der Waals surface area contributed by atoms with Crippen molar-refractivity contribution < 1.29 is 9.53 Å². The molecule has 0 spiro atoms. The van der Waals surface area contributed by atoms with Crippen LogP contribution < -0.4 is 0 Å². The van der Waals surface area contributed by atoms with Crippen LogP contribution in [0.15, 0.2) is 18.3 Å². The van der Waals surface area contributed by atoms with Gasteiger partial charge in [0.1, 0.15) is 0 Å². The Hall–Kier alpha value is -1.09. The zero-order chi connectivity index (χ0) is 9.68. The average Bonchev–Trinajstić information content (AvgIpc) is 2.15. The third-order valence-electron chi connectivity index (χ3n) is 1.66. The second-order valence-electron chi connectivity index (χ2n) is 2.77. The van der Waals surface area contributed by atoms with Crippen LogP contribution in [0.5, 0.6) is 0 Å². The molecule has 0 radical (unpaired) electrons. The van der Waals surface area contributed by atoms with E-state index in [-0.39, 0.29) is 18.4 Å². The first-order valence-electron chi connectivity index (χ1n) is 4.34. The van der Waals surface area contributed by atoms with E-state index in [9.17, 15) is 4.79 Å². The standard InChI is InChI=1S/C10H13NO2.ClH/c1-3-7-13-10(12)9-5-4-6-11-8(9)2;/h4-6H,3,7H2,1-2H3;1H. The Kier molecular flexibility index (Phi) is 5.88. The van der Waals surface area contributed by atoms with Gasteiger partial charge in [-0.15, -0.1) is 12.4 Å². The van der Waals surface area contributed by atoms with Crippen molar-refractivity contribution in [3.05, 3.63) is 29.6 Å². The third-order valence-corrected chi connectivity index (χ3v) is 1.66. The smallest absolute Gasteiger partial charge is 0.339 e. The number of carbonyl (C=O) groups excluding carboxylic acids is 1. The Morgan fingerprint density at radius 3 is 2.86 bits per heavy atom. The molecule has 78 valence electrons. The number of rotatable bonds is 3. The summed E-state index contributed by atoms with van der Waals surface area (Å²) in [4.78, 5) is 15.4. The van der Waals surface area contributed by atoms with E-state index in [1.54, 1.807) is 25.3 Å². The lowest BCUT2D eigenvalue weighted by molar-refractivity contribution is 0.0503. The number of nitrogens with zero attached hydrogens (tertiary/aromatic N) is 1. The lowest BCUT2D eigenvalue weighted by atomic mass is 10.2. The minimum Gasteiger partial charge on any atom is -0.462 e. The van der Waals surface area contributed by atoms with Crippen molar-refractivity contribution in [2.24, 2.45) is 0 Å². The van der Waals surface area contributed by atoms with Gasteiger partial charge in [-0.25, -0.2) is 4.79 Å². The number of aryl methyl sites for hydroxylation is 1. The monoisotopic (exact) mass is 215 g/mol. The Balaban J connectivity index is 0.00000169. The number of aromatic nitrogens is 1. The fourth-order valence-electron chi connectivity index (χ4n) is 0.972. The van der Waals surface area contributed by atoms with E-state index in [1.807, 2.05) is 6.92 Å². The molecular weight excluding hydrogens is 202 g/mol. The van der Waals surface area contributed by atoms with Gasteiger partial charge in [0.05, 0.1) is 17.9 Å². The zero-order valence-electron chi connectivity index (χ0n) is 8.32. The molecule has 0 aromatic carbocycles. The quantitative estimate of drug-likeness (QED) is 0.727. The number of hydrogen-bond acceptors (Lipinski definition) is 3. The van der Waals surface area contributed by atoms with Crippen LogP contribution >= 0.6 is 12.4 Å². The van der Waals surface area contributed by atoms with Gasteiger partial charge >= 0.3 is 5.97 Å². The van der Waals surface area contributed by atoms with Crippen molar-refractivity contribution in [3.8, 4) is 0 Å². The Bertz CT molecular complexity index is 302. The molecule has 3 nitrogen and oxygen atoms in total. The number of pyridine rings is 1. The summed E-state index contributed by atoms with van der Waals surface area (Å²) in [5, 5.41) is 0. The summed E-state index contributed by atoms with van der Waals surface area (Å²) >= 11 is 0. The third kappa shape index (κ3) is 3.34. The van der Waals surface area contributed by atoms with Crippen molar-refractivity contribution >= 4 is 18.4 Å². The molecule has 0 aliphatic rings. The Labute approximate surface area is 89.9 Å². The number of ether oxygens (including phenoxy) is 1. The first-order valence-corrected chi connectivity index (χ1v) is 4.34. The summed E-state index contributed by atoms with van der Waals surface area (Å²) < 4.78 is 4.98. The predicted octanol–water partition coefficient (Wildman–Crippen LogP) is 2.38. The van der Waals surface area contributed by atoms with Crippen molar-refractivity contribution in [3.63, 3.8) is 0 Å². The number of carbonyl (C=O) groups is 1. The number of esters is 1. The molecule has 0 N–H and O–H groups in total. The summed E-state index contributed by atoms with van der Waals surface area (Å²) in [6, 6.07) is 3.45. The zero-order valence-corrected chi connectivity index (χ0v) is 9.13. The van der Waals surface area contributed by atoms with Gasteiger partial charge in [0, 0.05) is 6.20 Å². The molecule has 0 fully saturated rings. The van der Waals surface area contributed by atoms with Crippen LogP contribution in [0, 0.1) is 6.92 Å². The second kappa shape index (κ2) is 6.38. The maximum absolute atomic E-state index is 11.4. The highest BCUT2D eigenvalue weighted by Gasteiger charge is 2.09. The fraction of sp³-hybridized carbons (Fsp3) is 0.400. The van der Waals surface area contributed by atoms with Crippen LogP contribution in [0.4, 0.5) is 0 Å². The highest BCUT2D eigenvalue weighted by atomic mass is 35.5. The maximum atomic E-state index is 11.4. The van der Waals surface area contributed by atoms with Gasteiger partial charge in [-0.3, -0.25) is 4.98 Å². The molecule has 0 aliphatic carbocycles. The summed E-state index contributed by atoms with van der Waals surface area (Å²) in [5.41, 5.74) is 1.26. The lowest BCUT2D eigenvalue weighted by Gasteiger charge is -2.04. The molecule has 1 aromatic rings. The molecule has 0 unspecified atom stereocenters. The van der Waals surface area contributed by atoms with Crippen LogP contribution in [0.3, 0.4) is 0 Å². The van der Waals surface area contributed by atoms with Gasteiger partial charge in [-0.1, -0.05) is 6.92 Å². The Morgan fingerprint density at radius 1 is 1.57 bits per heavy atom. The minimum absolute atomic E-state index is 0. The van der Waals surface area contributed by atoms with E-state index < -0.39 is 0 Å². The molecule has 0 atom stereocenters. The van der Waals surface area contributed by atoms with Crippen molar-refractivity contribution in [1.29, 1.82) is 0 Å². The molecule has 0 saturated carbocycles. The van der Waals surface area contributed by atoms with Crippen molar-refractivity contribution in [1.82, 2.24) is 4.98 Å². The van der Waals surface area contributed by atoms with E-state index in [4.69, 9.17) is 4.74 Å². The topological polar surface area (TPSA) is 39.2 Å². The largest absolute Gasteiger partial charge is 0.462 e. The summed E-state index contributed by atoms with van der Waals surface area (Å²) in [5.74, 6) is -0.285. The van der Waals surface area contributed by atoms with E-state index in [0.717, 1.165) is 6.42 Å². The first-order chi connectivity index (χ1) is 6.25. The van der Waals surface area contributed by atoms with E-state index in [1.165, 1.54) is 0 Å². The van der Waals surface area contributed by atoms with Crippen molar-refractivity contribution in [2.45, 2.75) is 20.3 Å². The molecule has 1 heterocycles. The molecule has 1 rings (SSSR count). The van der Waals surface area contributed by atoms with Crippen LogP contribution in [0.2, 0.25) is 0 Å². The van der Waals surface area contributed by atoms with Crippen molar-refractivity contribution in [2.75, 3.05) is 6.61 Å². The highest BCUT2D eigenvalue weighted by Crippen LogP contribution is 2.05. The van der Waals surface area contributed by atoms with Gasteiger partial charge in [-0.05, 0) is 25.5 Å². The molecule has 4 heteroatoms. The molecular formula is C10H14ClNO2. The first kappa shape index (κ1) is 12.9. The van der Waals surface area contributed by atoms with Crippen LogP contribution in [0.25, 0.3) is 0 Å². The molecule has 0 aliphatic heterocycles. The van der Waals surface area contributed by atoms with Crippen LogP contribution in [-0.2, 0) is 4.74 Å². The summed E-state index contributed by atoms with van der Waals surface area (Å²) in [6.45, 7) is 4.22. The number of halogens is 1. The van der Waals surface area contributed by atoms with E-state index >= 15 is 0 Å². The summed E-state index contributed by atoms with van der Waals surface area (Å²) in [7, 11) is 0. The SMILES string of the molecule is CCCOC(=O)c1cccnc1C.Cl. The average molecular weight is 216 g/mol. The molecule has 0 amide bonds. The molecule has 0 bridgehead atoms.